The number of non-ortho nitro benzene ring substituents is 1. The van der Waals surface area contributed by atoms with Gasteiger partial charge in [0.05, 0.1) is 16.1 Å². The van der Waals surface area contributed by atoms with E-state index in [0.29, 0.717) is 12.1 Å². The van der Waals surface area contributed by atoms with Gasteiger partial charge in [-0.05, 0) is 46.9 Å². The average molecular weight is 579 g/mol. The molecule has 3 N–H and O–H groups in total. The van der Waals surface area contributed by atoms with Gasteiger partial charge in [-0.15, -0.1) is 0 Å². The van der Waals surface area contributed by atoms with Crippen LogP contribution in [-0.2, 0) is 5.92 Å². The molecule has 0 spiro atoms. The van der Waals surface area contributed by atoms with Gasteiger partial charge in [-0.2, -0.15) is 30.7 Å². The molecule has 0 heterocycles. The van der Waals surface area contributed by atoms with Crippen LogP contribution in [0.25, 0.3) is 0 Å². The molecule has 0 aliphatic rings. The van der Waals surface area contributed by atoms with E-state index in [1.165, 1.54) is 6.07 Å². The van der Waals surface area contributed by atoms with E-state index in [4.69, 9.17) is 5.73 Å². The molecule has 0 aliphatic heterocycles. The zero-order chi connectivity index (χ0) is 24.6. The molecular weight excluding hydrogens is 570 g/mol. The number of carbonyl (C=O) groups is 2. The quantitative estimate of drug-likeness (QED) is 0.221. The number of anilines is 1. The van der Waals surface area contributed by atoms with Crippen LogP contribution in [0.15, 0.2) is 36.4 Å². The number of hydrogen-bond acceptors (Lipinski definition) is 4. The molecular formula is C17H9F7IN3O4. The molecule has 2 amide bonds. The highest BCUT2D eigenvalue weighted by Gasteiger charge is 2.74. The number of primary amides is 1. The second-order valence-electron chi connectivity index (χ2n) is 6.15. The highest BCUT2D eigenvalue weighted by Crippen LogP contribution is 2.52. The number of nitrogens with zero attached hydrogens (tertiary/aromatic N) is 1. The number of nitrogens with two attached hydrogens (primary N) is 1. The van der Waals surface area contributed by atoms with Crippen molar-refractivity contribution in [2.75, 3.05) is 5.32 Å². The van der Waals surface area contributed by atoms with Gasteiger partial charge in [-0.3, -0.25) is 19.7 Å². The molecule has 0 aromatic heterocycles. The van der Waals surface area contributed by atoms with E-state index in [-0.39, 0.29) is 15.2 Å². The predicted octanol–water partition coefficient (Wildman–Crippen LogP) is 4.84. The number of alkyl halides is 7. The lowest BCUT2D eigenvalue weighted by atomic mass is 9.95. The molecule has 2 aromatic carbocycles. The maximum atomic E-state index is 14.1. The molecule has 7 nitrogen and oxygen atoms in total. The molecule has 0 fully saturated rings. The van der Waals surface area contributed by atoms with Crippen molar-refractivity contribution in [1.82, 2.24) is 0 Å². The second kappa shape index (κ2) is 8.51. The number of rotatable bonds is 6. The zero-order valence-corrected chi connectivity index (χ0v) is 17.3. The number of nitro benzene ring substituents is 1. The van der Waals surface area contributed by atoms with Crippen molar-refractivity contribution in [3.05, 3.63) is 66.8 Å². The molecule has 172 valence electrons. The summed E-state index contributed by atoms with van der Waals surface area (Å²) < 4.78 is 92.5. The molecule has 0 unspecified atom stereocenters. The monoisotopic (exact) mass is 579 g/mol. The zero-order valence-electron chi connectivity index (χ0n) is 15.1. The van der Waals surface area contributed by atoms with Crippen LogP contribution in [0.2, 0.25) is 0 Å². The van der Waals surface area contributed by atoms with Crippen LogP contribution in [0, 0.1) is 13.7 Å². The molecule has 15 heteroatoms. The van der Waals surface area contributed by atoms with Crippen LogP contribution in [0.4, 0.5) is 42.1 Å². The summed E-state index contributed by atoms with van der Waals surface area (Å²) in [5, 5.41) is 12.9. The standard InChI is InChI=1S/C17H9F7IN3O4/c18-15(19,16(20,21)17(22,23)24)11-3-1-7(5-9(11)13(26)29)27-14(30)10-6-8(28(31)32)2-4-12(10)25/h1-6H,(H2,26,29)(H,27,30). The number of amides is 2. The Balaban J connectivity index is 2.49. The van der Waals surface area contributed by atoms with E-state index in [2.05, 4.69) is 5.32 Å². The summed E-state index contributed by atoms with van der Waals surface area (Å²) in [6, 6.07) is 4.24. The molecule has 2 rings (SSSR count). The fourth-order valence-electron chi connectivity index (χ4n) is 2.45. The molecule has 32 heavy (non-hydrogen) atoms. The van der Waals surface area contributed by atoms with Crippen LogP contribution < -0.4 is 11.1 Å². The summed E-state index contributed by atoms with van der Waals surface area (Å²) in [5.41, 5.74) is 0.293. The lowest BCUT2D eigenvalue weighted by molar-refractivity contribution is -0.384. The maximum Gasteiger partial charge on any atom is 0.460 e. The maximum absolute atomic E-state index is 14.1. The van der Waals surface area contributed by atoms with Gasteiger partial charge in [-0.25, -0.2) is 0 Å². The Bertz CT molecular complexity index is 1110. The molecule has 0 aliphatic carbocycles. The Labute approximate surface area is 187 Å². The van der Waals surface area contributed by atoms with Crippen LogP contribution >= 0.6 is 22.6 Å². The minimum absolute atomic E-state index is 0.0910. The molecule has 0 saturated carbocycles. The SMILES string of the molecule is NC(=O)c1cc(NC(=O)c2cc([N+](=O)[O-])ccc2I)ccc1C(F)(F)C(F)(F)C(F)(F)F. The summed E-state index contributed by atoms with van der Waals surface area (Å²) >= 11 is 1.66. The van der Waals surface area contributed by atoms with Gasteiger partial charge >= 0.3 is 18.0 Å². The fraction of sp³-hybridized carbons (Fsp3) is 0.176. The third-order valence-corrected chi connectivity index (χ3v) is 4.98. The first kappa shape index (κ1) is 25.3. The van der Waals surface area contributed by atoms with Crippen LogP contribution in [0.3, 0.4) is 0 Å². The van der Waals surface area contributed by atoms with Crippen LogP contribution in [-0.4, -0.2) is 28.8 Å². The van der Waals surface area contributed by atoms with E-state index in [1.54, 1.807) is 22.6 Å². The topological polar surface area (TPSA) is 115 Å². The first-order valence-electron chi connectivity index (χ1n) is 8.02. The van der Waals surface area contributed by atoms with E-state index >= 15 is 0 Å². The van der Waals surface area contributed by atoms with Crippen molar-refractivity contribution in [2.24, 2.45) is 5.73 Å². The third kappa shape index (κ3) is 4.61. The van der Waals surface area contributed by atoms with Crippen molar-refractivity contribution in [2.45, 2.75) is 18.0 Å². The summed E-state index contributed by atoms with van der Waals surface area (Å²) in [4.78, 5) is 34.0. The normalized spacial score (nSPS) is 12.4. The van der Waals surface area contributed by atoms with E-state index in [0.717, 1.165) is 12.1 Å². The fourth-order valence-corrected chi connectivity index (χ4v) is 3.03. The van der Waals surface area contributed by atoms with Crippen molar-refractivity contribution in [3.63, 3.8) is 0 Å². The van der Waals surface area contributed by atoms with Crippen molar-refractivity contribution in [3.8, 4) is 0 Å². The van der Waals surface area contributed by atoms with Crippen LogP contribution in [0.5, 0.6) is 0 Å². The number of hydrogen-bond donors (Lipinski definition) is 2. The Morgan fingerprint density at radius 1 is 0.969 bits per heavy atom. The number of halogens is 8. The molecule has 0 atom stereocenters. The van der Waals surface area contributed by atoms with Gasteiger partial charge in [0, 0.05) is 27.0 Å². The Hall–Kier alpha value is -2.98. The number of carbonyl (C=O) groups excluding carboxylic acids is 2. The number of benzene rings is 2. The van der Waals surface area contributed by atoms with Gasteiger partial charge in [0.1, 0.15) is 0 Å². The molecule has 0 radical (unpaired) electrons. The summed E-state index contributed by atoms with van der Waals surface area (Å²) in [6.07, 6.45) is -6.64. The minimum atomic E-state index is -6.64. The highest BCUT2D eigenvalue weighted by atomic mass is 127. The van der Waals surface area contributed by atoms with Crippen molar-refractivity contribution < 1.29 is 45.2 Å². The smallest absolute Gasteiger partial charge is 0.366 e. The number of nitrogens with one attached hydrogen (secondary N) is 1. The van der Waals surface area contributed by atoms with E-state index < -0.39 is 57.3 Å². The Morgan fingerprint density at radius 3 is 2.06 bits per heavy atom. The number of nitro groups is 1. The van der Waals surface area contributed by atoms with Gasteiger partial charge < -0.3 is 11.1 Å². The van der Waals surface area contributed by atoms with Crippen molar-refractivity contribution >= 4 is 45.8 Å². The highest BCUT2D eigenvalue weighted by molar-refractivity contribution is 14.1. The molecule has 0 bridgehead atoms. The minimum Gasteiger partial charge on any atom is -0.366 e. The largest absolute Gasteiger partial charge is 0.460 e. The summed E-state index contributed by atoms with van der Waals surface area (Å²) in [5.74, 6) is -15.2. The lowest BCUT2D eigenvalue weighted by Gasteiger charge is -2.29. The van der Waals surface area contributed by atoms with Crippen LogP contribution in [0.1, 0.15) is 26.3 Å². The van der Waals surface area contributed by atoms with E-state index in [1.807, 2.05) is 0 Å². The summed E-state index contributed by atoms with van der Waals surface area (Å²) in [6.45, 7) is 0. The molecule has 0 saturated heterocycles. The van der Waals surface area contributed by atoms with Gasteiger partial charge in [0.15, 0.2) is 0 Å². The van der Waals surface area contributed by atoms with Gasteiger partial charge in [0.2, 0.25) is 5.91 Å². The second-order valence-corrected chi connectivity index (χ2v) is 7.31. The Kier molecular flexibility index (Phi) is 6.73. The average Bonchev–Trinajstić information content (AvgIpc) is 2.66. The molecule has 2 aromatic rings. The third-order valence-electron chi connectivity index (χ3n) is 4.04. The lowest BCUT2D eigenvalue weighted by Crippen LogP contribution is -2.50. The van der Waals surface area contributed by atoms with Gasteiger partial charge in [-0.1, -0.05) is 0 Å². The first-order chi connectivity index (χ1) is 14.5. The van der Waals surface area contributed by atoms with Gasteiger partial charge in [0.25, 0.3) is 11.6 Å². The Morgan fingerprint density at radius 2 is 1.56 bits per heavy atom. The van der Waals surface area contributed by atoms with E-state index in [9.17, 15) is 50.4 Å². The summed E-state index contributed by atoms with van der Waals surface area (Å²) in [7, 11) is 0. The predicted molar refractivity (Wildman–Crippen MR) is 104 cm³/mol. The van der Waals surface area contributed by atoms with Crippen molar-refractivity contribution in [1.29, 1.82) is 0 Å². The first-order valence-corrected chi connectivity index (χ1v) is 9.10.